The van der Waals surface area contributed by atoms with E-state index in [4.69, 9.17) is 12.2 Å². The molecule has 2 aliphatic heterocycles. The van der Waals surface area contributed by atoms with Crippen LogP contribution in [-0.4, -0.2) is 56.8 Å². The molecule has 0 aliphatic carbocycles. The maximum atomic E-state index is 12.8. The SMILES string of the molecule is O=C1/C(=C/c2ccccc2)SC(=S)N1CC(=O)N1CCCC[C@H]1CCO. The van der Waals surface area contributed by atoms with Gasteiger partial charge in [-0.25, -0.2) is 0 Å². The summed E-state index contributed by atoms with van der Waals surface area (Å²) in [6.07, 6.45) is 5.31. The van der Waals surface area contributed by atoms with E-state index >= 15 is 0 Å². The molecule has 2 fully saturated rings. The van der Waals surface area contributed by atoms with Crippen LogP contribution < -0.4 is 0 Å². The van der Waals surface area contributed by atoms with Crippen LogP contribution >= 0.6 is 24.0 Å². The van der Waals surface area contributed by atoms with E-state index in [1.54, 1.807) is 11.0 Å². The maximum absolute atomic E-state index is 12.8. The first-order valence-electron chi connectivity index (χ1n) is 8.81. The quantitative estimate of drug-likeness (QED) is 0.619. The lowest BCUT2D eigenvalue weighted by Crippen LogP contribution is -2.49. The second-order valence-electron chi connectivity index (χ2n) is 6.43. The topological polar surface area (TPSA) is 60.9 Å². The van der Waals surface area contributed by atoms with Gasteiger partial charge >= 0.3 is 0 Å². The zero-order chi connectivity index (χ0) is 18.5. The number of likely N-dealkylation sites (tertiary alicyclic amines) is 1. The Bertz CT molecular complexity index is 719. The number of aliphatic hydroxyl groups is 1. The monoisotopic (exact) mass is 390 g/mol. The van der Waals surface area contributed by atoms with E-state index in [0.29, 0.717) is 22.2 Å². The number of thiocarbonyl (C=S) groups is 1. The Morgan fingerprint density at radius 3 is 2.81 bits per heavy atom. The van der Waals surface area contributed by atoms with Crippen molar-refractivity contribution in [1.82, 2.24) is 9.80 Å². The highest BCUT2D eigenvalue weighted by atomic mass is 32.2. The molecule has 0 aromatic heterocycles. The molecule has 7 heteroatoms. The number of benzene rings is 1. The molecule has 1 N–H and O–H groups in total. The molecule has 0 radical (unpaired) electrons. The Morgan fingerprint density at radius 2 is 2.08 bits per heavy atom. The van der Waals surface area contributed by atoms with Gasteiger partial charge in [0.2, 0.25) is 5.91 Å². The largest absolute Gasteiger partial charge is 0.396 e. The lowest BCUT2D eigenvalue weighted by molar-refractivity contribution is -0.138. The van der Waals surface area contributed by atoms with Crippen LogP contribution in [0.5, 0.6) is 0 Å². The number of nitrogens with zero attached hydrogens (tertiary/aromatic N) is 2. The van der Waals surface area contributed by atoms with Gasteiger partial charge in [0.1, 0.15) is 10.9 Å². The maximum Gasteiger partial charge on any atom is 0.266 e. The minimum absolute atomic E-state index is 0.0290. The molecular formula is C19H22N2O3S2. The lowest BCUT2D eigenvalue weighted by Gasteiger charge is -2.36. The molecule has 0 unspecified atom stereocenters. The Morgan fingerprint density at radius 1 is 1.31 bits per heavy atom. The molecule has 2 saturated heterocycles. The fourth-order valence-electron chi connectivity index (χ4n) is 3.34. The molecular weight excluding hydrogens is 368 g/mol. The van der Waals surface area contributed by atoms with Crippen molar-refractivity contribution in [1.29, 1.82) is 0 Å². The molecule has 2 heterocycles. The first-order chi connectivity index (χ1) is 12.6. The minimum atomic E-state index is -0.215. The summed E-state index contributed by atoms with van der Waals surface area (Å²) in [6.45, 7) is 0.714. The van der Waals surface area contributed by atoms with Crippen molar-refractivity contribution in [2.45, 2.75) is 31.7 Å². The predicted molar refractivity (Wildman–Crippen MR) is 107 cm³/mol. The summed E-state index contributed by atoms with van der Waals surface area (Å²) in [5.74, 6) is -0.312. The molecule has 1 aromatic carbocycles. The van der Waals surface area contributed by atoms with Crippen LogP contribution in [0.3, 0.4) is 0 Å². The third-order valence-corrected chi connectivity index (χ3v) is 6.05. The number of rotatable bonds is 5. The van der Waals surface area contributed by atoms with Gasteiger partial charge in [-0.15, -0.1) is 0 Å². The van der Waals surface area contributed by atoms with Crippen molar-refractivity contribution in [3.63, 3.8) is 0 Å². The molecule has 0 saturated carbocycles. The molecule has 5 nitrogen and oxygen atoms in total. The highest BCUT2D eigenvalue weighted by molar-refractivity contribution is 8.26. The van der Waals surface area contributed by atoms with Gasteiger partial charge in [0, 0.05) is 19.2 Å². The Labute approximate surface area is 163 Å². The number of amides is 2. The van der Waals surface area contributed by atoms with Crippen molar-refractivity contribution < 1.29 is 14.7 Å². The molecule has 26 heavy (non-hydrogen) atoms. The first-order valence-corrected chi connectivity index (χ1v) is 10.0. The zero-order valence-corrected chi connectivity index (χ0v) is 16.1. The summed E-state index contributed by atoms with van der Waals surface area (Å²) in [6, 6.07) is 9.64. The molecule has 0 bridgehead atoms. The van der Waals surface area contributed by atoms with E-state index in [1.807, 2.05) is 30.3 Å². The van der Waals surface area contributed by atoms with Gasteiger partial charge in [-0.2, -0.15) is 0 Å². The minimum Gasteiger partial charge on any atom is -0.396 e. The molecule has 1 atom stereocenters. The number of hydrogen-bond acceptors (Lipinski definition) is 5. The van der Waals surface area contributed by atoms with Crippen LogP contribution in [0.4, 0.5) is 0 Å². The highest BCUT2D eigenvalue weighted by Crippen LogP contribution is 2.32. The van der Waals surface area contributed by atoms with E-state index in [-0.39, 0.29) is 31.0 Å². The van der Waals surface area contributed by atoms with E-state index in [1.165, 1.54) is 16.7 Å². The normalized spacial score (nSPS) is 22.3. The second-order valence-corrected chi connectivity index (χ2v) is 8.10. The standard InChI is InChI=1S/C19H22N2O3S2/c22-11-9-15-8-4-5-10-20(15)17(23)13-21-18(24)16(26-19(21)25)12-14-6-2-1-3-7-14/h1-3,6-7,12,15,22H,4-5,8-11,13H2/b16-12-/t15-/m0/s1. The highest BCUT2D eigenvalue weighted by Gasteiger charge is 2.35. The first kappa shape index (κ1) is 19.1. The Balaban J connectivity index is 1.69. The van der Waals surface area contributed by atoms with E-state index in [2.05, 4.69) is 0 Å². The van der Waals surface area contributed by atoms with Gasteiger partial charge in [-0.05, 0) is 37.3 Å². The Hall–Kier alpha value is -1.70. The third kappa shape index (κ3) is 4.34. The van der Waals surface area contributed by atoms with Crippen molar-refractivity contribution in [2.75, 3.05) is 19.7 Å². The van der Waals surface area contributed by atoms with Crippen molar-refractivity contribution in [2.24, 2.45) is 0 Å². The summed E-state index contributed by atoms with van der Waals surface area (Å²) in [5, 5.41) is 9.23. The molecule has 1 aromatic rings. The fourth-order valence-corrected chi connectivity index (χ4v) is 4.60. The van der Waals surface area contributed by atoms with Crippen LogP contribution in [0, 0.1) is 0 Å². The fraction of sp³-hybridized carbons (Fsp3) is 0.421. The van der Waals surface area contributed by atoms with Crippen molar-refractivity contribution in [3.05, 3.63) is 40.8 Å². The predicted octanol–water partition coefficient (Wildman–Crippen LogP) is 2.65. The summed E-state index contributed by atoms with van der Waals surface area (Å²) in [7, 11) is 0. The number of hydrogen-bond donors (Lipinski definition) is 1. The van der Waals surface area contributed by atoms with Crippen LogP contribution in [0.25, 0.3) is 6.08 Å². The van der Waals surface area contributed by atoms with Crippen molar-refractivity contribution >= 4 is 46.2 Å². The second kappa shape index (κ2) is 8.79. The Kier molecular flexibility index (Phi) is 6.45. The van der Waals surface area contributed by atoms with Gasteiger partial charge < -0.3 is 10.0 Å². The van der Waals surface area contributed by atoms with Gasteiger partial charge in [0.25, 0.3) is 5.91 Å². The summed E-state index contributed by atoms with van der Waals surface area (Å²) >= 11 is 6.56. The summed E-state index contributed by atoms with van der Waals surface area (Å²) < 4.78 is 0.418. The number of carbonyl (C=O) groups excluding carboxylic acids is 2. The van der Waals surface area contributed by atoms with Crippen LogP contribution in [0.2, 0.25) is 0 Å². The number of aliphatic hydroxyl groups excluding tert-OH is 1. The van der Waals surface area contributed by atoms with E-state index in [0.717, 1.165) is 24.8 Å². The number of thioether (sulfide) groups is 1. The van der Waals surface area contributed by atoms with Crippen LogP contribution in [0.1, 0.15) is 31.2 Å². The van der Waals surface area contributed by atoms with Gasteiger partial charge in [-0.3, -0.25) is 14.5 Å². The van der Waals surface area contributed by atoms with Gasteiger partial charge in [-0.1, -0.05) is 54.3 Å². The summed E-state index contributed by atoms with van der Waals surface area (Å²) in [4.78, 5) is 29.2. The van der Waals surface area contributed by atoms with Crippen LogP contribution in [0.15, 0.2) is 35.2 Å². The average Bonchev–Trinajstić information content (AvgIpc) is 2.90. The smallest absolute Gasteiger partial charge is 0.266 e. The van der Waals surface area contributed by atoms with Crippen LogP contribution in [-0.2, 0) is 9.59 Å². The molecule has 2 aliphatic rings. The molecule has 3 rings (SSSR count). The van der Waals surface area contributed by atoms with E-state index < -0.39 is 0 Å². The molecule has 0 spiro atoms. The summed E-state index contributed by atoms with van der Waals surface area (Å²) in [5.41, 5.74) is 0.929. The average molecular weight is 391 g/mol. The number of carbonyl (C=O) groups is 2. The van der Waals surface area contributed by atoms with Gasteiger partial charge in [0.05, 0.1) is 4.91 Å². The van der Waals surface area contributed by atoms with Crippen molar-refractivity contribution in [3.8, 4) is 0 Å². The number of piperidine rings is 1. The molecule has 2 amide bonds. The lowest BCUT2D eigenvalue weighted by atomic mass is 9.99. The van der Waals surface area contributed by atoms with Gasteiger partial charge in [0.15, 0.2) is 0 Å². The van der Waals surface area contributed by atoms with E-state index in [9.17, 15) is 14.7 Å². The zero-order valence-electron chi connectivity index (χ0n) is 14.5. The molecule has 138 valence electrons. The third-order valence-electron chi connectivity index (χ3n) is 4.67.